The number of hydrogen-bond donors (Lipinski definition) is 1. The van der Waals surface area contributed by atoms with Crippen molar-refractivity contribution < 1.29 is 9.47 Å². The van der Waals surface area contributed by atoms with Gasteiger partial charge in [0.1, 0.15) is 0 Å². The fourth-order valence-electron chi connectivity index (χ4n) is 2.17. The Hall–Kier alpha value is -2.23. The Morgan fingerprint density at radius 1 is 1.10 bits per heavy atom. The molecule has 0 aliphatic rings. The lowest BCUT2D eigenvalue weighted by Crippen LogP contribution is -2.03. The second-order valence-corrected chi connectivity index (χ2v) is 4.86. The van der Waals surface area contributed by atoms with E-state index in [1.807, 2.05) is 45.0 Å². The van der Waals surface area contributed by atoms with Crippen LogP contribution in [0.5, 0.6) is 11.5 Å². The van der Waals surface area contributed by atoms with Crippen molar-refractivity contribution in [3.05, 3.63) is 47.3 Å². The molecule has 0 atom stereocenters. The van der Waals surface area contributed by atoms with Gasteiger partial charge >= 0.3 is 0 Å². The van der Waals surface area contributed by atoms with Gasteiger partial charge in [0.2, 0.25) is 0 Å². The topological polar surface area (TPSA) is 43.4 Å². The van der Waals surface area contributed by atoms with E-state index in [2.05, 4.69) is 16.4 Å². The van der Waals surface area contributed by atoms with Crippen molar-refractivity contribution >= 4 is 5.69 Å². The van der Waals surface area contributed by atoms with Crippen LogP contribution in [0.4, 0.5) is 5.69 Å². The Morgan fingerprint density at radius 2 is 1.90 bits per heavy atom. The number of nitrogens with zero attached hydrogens (tertiary/aromatic N) is 1. The smallest absolute Gasteiger partial charge is 0.161 e. The van der Waals surface area contributed by atoms with E-state index in [1.54, 1.807) is 7.11 Å². The first-order chi connectivity index (χ1) is 10.1. The summed E-state index contributed by atoms with van der Waals surface area (Å²) < 4.78 is 10.9. The highest BCUT2D eigenvalue weighted by molar-refractivity contribution is 5.49. The lowest BCUT2D eigenvalue weighted by Gasteiger charge is -2.13. The predicted molar refractivity (Wildman–Crippen MR) is 85.2 cm³/mol. The van der Waals surface area contributed by atoms with Gasteiger partial charge in [-0.1, -0.05) is 6.07 Å². The van der Waals surface area contributed by atoms with Crippen LogP contribution >= 0.6 is 0 Å². The third-order valence-electron chi connectivity index (χ3n) is 3.24. The molecule has 0 fully saturated rings. The Labute approximate surface area is 126 Å². The van der Waals surface area contributed by atoms with Gasteiger partial charge < -0.3 is 14.8 Å². The molecule has 0 amide bonds. The summed E-state index contributed by atoms with van der Waals surface area (Å²) >= 11 is 0. The van der Waals surface area contributed by atoms with Gasteiger partial charge in [-0.15, -0.1) is 0 Å². The summed E-state index contributed by atoms with van der Waals surface area (Å²) in [6.07, 6.45) is 0. The van der Waals surface area contributed by atoms with E-state index in [0.29, 0.717) is 6.61 Å². The molecule has 1 N–H and O–H groups in total. The van der Waals surface area contributed by atoms with E-state index in [1.165, 1.54) is 0 Å². The highest BCUT2D eigenvalue weighted by Gasteiger charge is 2.06. The molecule has 4 nitrogen and oxygen atoms in total. The van der Waals surface area contributed by atoms with Crippen molar-refractivity contribution in [2.45, 2.75) is 27.3 Å². The van der Waals surface area contributed by atoms with Gasteiger partial charge in [0.15, 0.2) is 11.5 Å². The van der Waals surface area contributed by atoms with E-state index < -0.39 is 0 Å². The number of benzene rings is 1. The number of rotatable bonds is 6. The summed E-state index contributed by atoms with van der Waals surface area (Å²) in [7, 11) is 1.65. The summed E-state index contributed by atoms with van der Waals surface area (Å²) in [5, 5.41) is 3.40. The van der Waals surface area contributed by atoms with Crippen LogP contribution in [0.3, 0.4) is 0 Å². The van der Waals surface area contributed by atoms with Crippen molar-refractivity contribution in [3.63, 3.8) is 0 Å². The average Bonchev–Trinajstić information content (AvgIpc) is 2.47. The van der Waals surface area contributed by atoms with Crippen LogP contribution in [-0.2, 0) is 6.54 Å². The van der Waals surface area contributed by atoms with Crippen LogP contribution in [0.2, 0.25) is 0 Å². The molecule has 0 radical (unpaired) electrons. The molecule has 112 valence electrons. The van der Waals surface area contributed by atoms with Gasteiger partial charge in [-0.3, -0.25) is 4.98 Å². The molecule has 0 aliphatic carbocycles. The van der Waals surface area contributed by atoms with E-state index in [9.17, 15) is 0 Å². The molecular formula is C17H22N2O2. The summed E-state index contributed by atoms with van der Waals surface area (Å²) in [6.45, 7) is 7.30. The van der Waals surface area contributed by atoms with Gasteiger partial charge in [-0.25, -0.2) is 0 Å². The number of hydrogen-bond acceptors (Lipinski definition) is 4. The van der Waals surface area contributed by atoms with Crippen LogP contribution in [0.1, 0.15) is 23.9 Å². The number of aryl methyl sites for hydroxylation is 2. The van der Waals surface area contributed by atoms with Crippen LogP contribution < -0.4 is 14.8 Å². The van der Waals surface area contributed by atoms with Crippen molar-refractivity contribution in [2.75, 3.05) is 19.0 Å². The zero-order chi connectivity index (χ0) is 15.2. The number of ether oxygens (including phenoxy) is 2. The van der Waals surface area contributed by atoms with Gasteiger partial charge in [0.25, 0.3) is 0 Å². The van der Waals surface area contributed by atoms with Gasteiger partial charge in [-0.05, 0) is 50.6 Å². The monoisotopic (exact) mass is 286 g/mol. The second kappa shape index (κ2) is 6.97. The minimum atomic E-state index is 0.619. The van der Waals surface area contributed by atoms with Gasteiger partial charge in [0, 0.05) is 12.2 Å². The van der Waals surface area contributed by atoms with Crippen molar-refractivity contribution in [3.8, 4) is 11.5 Å². The van der Waals surface area contributed by atoms with E-state index in [0.717, 1.165) is 40.7 Å². The van der Waals surface area contributed by atoms with Crippen LogP contribution in [0, 0.1) is 13.8 Å². The molecule has 0 aliphatic heterocycles. The van der Waals surface area contributed by atoms with Crippen molar-refractivity contribution in [2.24, 2.45) is 0 Å². The number of methoxy groups -OCH3 is 1. The number of aromatic nitrogens is 1. The molecule has 1 heterocycles. The molecule has 0 saturated carbocycles. The van der Waals surface area contributed by atoms with Gasteiger partial charge in [0.05, 0.1) is 25.1 Å². The predicted octanol–water partition coefficient (Wildman–Crippen LogP) is 3.72. The lowest BCUT2D eigenvalue weighted by molar-refractivity contribution is 0.310. The third-order valence-corrected chi connectivity index (χ3v) is 3.24. The molecule has 1 aromatic carbocycles. The van der Waals surface area contributed by atoms with E-state index >= 15 is 0 Å². The Bertz CT molecular complexity index is 612. The second-order valence-electron chi connectivity index (χ2n) is 4.86. The maximum absolute atomic E-state index is 5.59. The van der Waals surface area contributed by atoms with Crippen LogP contribution in [0.25, 0.3) is 0 Å². The highest BCUT2D eigenvalue weighted by Crippen LogP contribution is 2.28. The average molecular weight is 286 g/mol. The standard InChI is InChI=1S/C17H22N2O2/c1-5-21-17-10-14(7-9-16(17)20-4)11-18-15-8-6-12(2)19-13(15)3/h6-10,18H,5,11H2,1-4H3. The summed E-state index contributed by atoms with van der Waals surface area (Å²) in [4.78, 5) is 4.45. The fraction of sp³-hybridized carbons (Fsp3) is 0.353. The Kier molecular flexibility index (Phi) is 5.04. The zero-order valence-electron chi connectivity index (χ0n) is 13.1. The number of nitrogens with one attached hydrogen (secondary N) is 1. The third kappa shape index (κ3) is 3.88. The maximum atomic E-state index is 5.59. The molecule has 4 heteroatoms. The Balaban J connectivity index is 2.10. The molecule has 0 saturated heterocycles. The molecule has 2 aromatic rings. The SMILES string of the molecule is CCOc1cc(CNc2ccc(C)nc2C)ccc1OC. The Morgan fingerprint density at radius 3 is 2.57 bits per heavy atom. The first kappa shape index (κ1) is 15.2. The number of anilines is 1. The molecule has 21 heavy (non-hydrogen) atoms. The molecular weight excluding hydrogens is 264 g/mol. The van der Waals surface area contributed by atoms with Crippen LogP contribution in [0.15, 0.2) is 30.3 Å². The molecule has 0 spiro atoms. The number of pyridine rings is 1. The quantitative estimate of drug-likeness (QED) is 0.879. The molecule has 1 aromatic heterocycles. The minimum Gasteiger partial charge on any atom is -0.493 e. The maximum Gasteiger partial charge on any atom is 0.161 e. The van der Waals surface area contributed by atoms with Crippen LogP contribution in [-0.4, -0.2) is 18.7 Å². The summed E-state index contributed by atoms with van der Waals surface area (Å²) in [6, 6.07) is 10.0. The van der Waals surface area contributed by atoms with Crippen molar-refractivity contribution in [1.29, 1.82) is 0 Å². The highest BCUT2D eigenvalue weighted by atomic mass is 16.5. The summed E-state index contributed by atoms with van der Waals surface area (Å²) in [5.74, 6) is 1.53. The van der Waals surface area contributed by atoms with E-state index in [4.69, 9.17) is 9.47 Å². The molecule has 2 rings (SSSR count). The largest absolute Gasteiger partial charge is 0.493 e. The van der Waals surface area contributed by atoms with Gasteiger partial charge in [-0.2, -0.15) is 0 Å². The minimum absolute atomic E-state index is 0.619. The molecule has 0 bridgehead atoms. The molecule has 0 unspecified atom stereocenters. The van der Waals surface area contributed by atoms with Crippen molar-refractivity contribution in [1.82, 2.24) is 4.98 Å². The normalized spacial score (nSPS) is 10.3. The zero-order valence-corrected chi connectivity index (χ0v) is 13.1. The lowest BCUT2D eigenvalue weighted by atomic mass is 10.2. The fourth-order valence-corrected chi connectivity index (χ4v) is 2.17. The first-order valence-electron chi connectivity index (χ1n) is 7.12. The van der Waals surface area contributed by atoms with E-state index in [-0.39, 0.29) is 0 Å². The first-order valence-corrected chi connectivity index (χ1v) is 7.12. The summed E-state index contributed by atoms with van der Waals surface area (Å²) in [5.41, 5.74) is 4.23.